The Bertz CT molecular complexity index is 555. The Morgan fingerprint density at radius 2 is 2.20 bits per heavy atom. The molecular weight excluding hydrogens is 276 g/mol. The minimum atomic E-state index is -0.0776. The number of hydrogen-bond acceptors (Lipinski definition) is 4. The van der Waals surface area contributed by atoms with Crippen molar-refractivity contribution >= 4 is 17.3 Å². The van der Waals surface area contributed by atoms with Crippen LogP contribution >= 0.6 is 11.6 Å². The third kappa shape index (κ3) is 2.69. The van der Waals surface area contributed by atoms with Gasteiger partial charge in [-0.05, 0) is 31.1 Å². The summed E-state index contributed by atoms with van der Waals surface area (Å²) >= 11 is 6.21. The number of halogens is 1. The monoisotopic (exact) mass is 296 g/mol. The molecule has 5 nitrogen and oxygen atoms in total. The minimum Gasteiger partial charge on any atom is -0.364 e. The van der Waals surface area contributed by atoms with Crippen LogP contribution in [-0.2, 0) is 6.54 Å². The number of nitrogens with zero attached hydrogens (tertiary/aromatic N) is 3. The summed E-state index contributed by atoms with van der Waals surface area (Å²) < 4.78 is 1.56. The molecular formula is C14H21ClN4O. The van der Waals surface area contributed by atoms with Gasteiger partial charge in [0.2, 0.25) is 0 Å². The Hall–Kier alpha value is -1.07. The Morgan fingerprint density at radius 1 is 1.45 bits per heavy atom. The van der Waals surface area contributed by atoms with E-state index in [2.05, 4.69) is 12.0 Å². The van der Waals surface area contributed by atoms with Gasteiger partial charge >= 0.3 is 0 Å². The van der Waals surface area contributed by atoms with E-state index < -0.39 is 0 Å². The molecule has 1 aliphatic heterocycles. The molecule has 2 unspecified atom stereocenters. The standard InChI is InChI=1S/C14H21ClN4O/c1-9-4-5-18(8-12(9)16)13-11(15)6-17-19(14(13)20)7-10-2-3-10/h6,9-10,12H,2-5,7-8,16H2,1H3. The van der Waals surface area contributed by atoms with Crippen LogP contribution in [0.4, 0.5) is 5.69 Å². The summed E-state index contributed by atoms with van der Waals surface area (Å²) in [5.74, 6) is 1.10. The molecule has 1 aromatic heterocycles. The van der Waals surface area contributed by atoms with E-state index in [-0.39, 0.29) is 11.6 Å². The number of aromatic nitrogens is 2. The molecule has 2 atom stereocenters. The number of rotatable bonds is 3. The highest BCUT2D eigenvalue weighted by Gasteiger charge is 2.28. The van der Waals surface area contributed by atoms with Gasteiger partial charge in [0.25, 0.3) is 5.56 Å². The third-order valence-corrected chi connectivity index (χ3v) is 4.71. The van der Waals surface area contributed by atoms with Gasteiger partial charge in [-0.2, -0.15) is 5.10 Å². The molecule has 3 rings (SSSR count). The number of piperidine rings is 1. The van der Waals surface area contributed by atoms with Gasteiger partial charge in [0.15, 0.2) is 0 Å². The second-order valence-corrected chi connectivity index (χ2v) is 6.55. The maximum atomic E-state index is 12.6. The number of anilines is 1. The van der Waals surface area contributed by atoms with E-state index in [9.17, 15) is 4.79 Å². The van der Waals surface area contributed by atoms with Gasteiger partial charge in [0.1, 0.15) is 5.69 Å². The first-order valence-electron chi connectivity index (χ1n) is 7.32. The maximum absolute atomic E-state index is 12.6. The first-order chi connectivity index (χ1) is 9.56. The van der Waals surface area contributed by atoms with E-state index in [1.165, 1.54) is 12.8 Å². The summed E-state index contributed by atoms with van der Waals surface area (Å²) in [5.41, 5.74) is 6.62. The lowest BCUT2D eigenvalue weighted by Gasteiger charge is -2.36. The quantitative estimate of drug-likeness (QED) is 0.918. The molecule has 0 aromatic carbocycles. The van der Waals surface area contributed by atoms with Gasteiger partial charge in [-0.15, -0.1) is 0 Å². The topological polar surface area (TPSA) is 64.2 Å². The van der Waals surface area contributed by atoms with E-state index in [1.54, 1.807) is 10.9 Å². The Kier molecular flexibility index (Phi) is 3.73. The summed E-state index contributed by atoms with van der Waals surface area (Å²) in [6, 6.07) is 0.0873. The summed E-state index contributed by atoms with van der Waals surface area (Å²) in [6.45, 7) is 4.38. The Morgan fingerprint density at radius 3 is 2.85 bits per heavy atom. The zero-order valence-electron chi connectivity index (χ0n) is 11.8. The van der Waals surface area contributed by atoms with Crippen LogP contribution in [0.25, 0.3) is 0 Å². The molecule has 1 saturated carbocycles. The molecule has 110 valence electrons. The van der Waals surface area contributed by atoms with Crippen molar-refractivity contribution in [1.29, 1.82) is 0 Å². The van der Waals surface area contributed by atoms with Gasteiger partial charge in [-0.1, -0.05) is 18.5 Å². The van der Waals surface area contributed by atoms with Gasteiger partial charge in [-0.3, -0.25) is 4.79 Å². The fraction of sp³-hybridized carbons (Fsp3) is 0.714. The minimum absolute atomic E-state index is 0.0776. The lowest BCUT2D eigenvalue weighted by molar-refractivity contribution is 0.378. The highest BCUT2D eigenvalue weighted by Crippen LogP contribution is 2.30. The van der Waals surface area contributed by atoms with Gasteiger partial charge < -0.3 is 10.6 Å². The fourth-order valence-corrected chi connectivity index (χ4v) is 2.97. The highest BCUT2D eigenvalue weighted by molar-refractivity contribution is 6.33. The van der Waals surface area contributed by atoms with Gasteiger partial charge in [0, 0.05) is 25.7 Å². The second kappa shape index (κ2) is 5.37. The zero-order chi connectivity index (χ0) is 14.3. The molecule has 6 heteroatoms. The average molecular weight is 297 g/mol. The Balaban J connectivity index is 1.89. The highest BCUT2D eigenvalue weighted by atomic mass is 35.5. The van der Waals surface area contributed by atoms with Crippen molar-refractivity contribution in [2.45, 2.75) is 38.8 Å². The van der Waals surface area contributed by atoms with Crippen LogP contribution in [0, 0.1) is 11.8 Å². The summed E-state index contributed by atoms with van der Waals surface area (Å²) in [7, 11) is 0. The lowest BCUT2D eigenvalue weighted by atomic mass is 9.94. The van der Waals surface area contributed by atoms with Crippen molar-refractivity contribution in [3.63, 3.8) is 0 Å². The molecule has 2 heterocycles. The van der Waals surface area contributed by atoms with E-state index in [0.717, 1.165) is 13.0 Å². The van der Waals surface area contributed by atoms with Crippen molar-refractivity contribution in [2.75, 3.05) is 18.0 Å². The Labute approximate surface area is 123 Å². The van der Waals surface area contributed by atoms with Crippen molar-refractivity contribution in [3.05, 3.63) is 21.6 Å². The molecule has 0 amide bonds. The van der Waals surface area contributed by atoms with Crippen molar-refractivity contribution in [1.82, 2.24) is 9.78 Å². The summed E-state index contributed by atoms with van der Waals surface area (Å²) in [4.78, 5) is 14.6. The molecule has 0 bridgehead atoms. The van der Waals surface area contributed by atoms with Gasteiger partial charge in [-0.25, -0.2) is 4.68 Å². The SMILES string of the molecule is CC1CCN(c2c(Cl)cnn(CC3CC3)c2=O)CC1N. The maximum Gasteiger partial charge on any atom is 0.291 e. The van der Waals surface area contributed by atoms with Crippen LogP contribution in [0.15, 0.2) is 11.0 Å². The molecule has 1 aromatic rings. The first kappa shape index (κ1) is 13.9. The zero-order valence-corrected chi connectivity index (χ0v) is 12.5. The van der Waals surface area contributed by atoms with Crippen LogP contribution in [-0.4, -0.2) is 28.9 Å². The van der Waals surface area contributed by atoms with Crippen molar-refractivity contribution in [3.8, 4) is 0 Å². The van der Waals surface area contributed by atoms with Crippen LogP contribution in [0.3, 0.4) is 0 Å². The second-order valence-electron chi connectivity index (χ2n) is 6.15. The number of hydrogen-bond donors (Lipinski definition) is 1. The van der Waals surface area contributed by atoms with E-state index in [1.807, 2.05) is 4.90 Å². The van der Waals surface area contributed by atoms with Crippen LogP contribution < -0.4 is 16.2 Å². The number of nitrogens with two attached hydrogens (primary N) is 1. The molecule has 0 spiro atoms. The normalized spacial score (nSPS) is 26.9. The molecule has 2 aliphatic rings. The van der Waals surface area contributed by atoms with E-state index >= 15 is 0 Å². The predicted octanol–water partition coefficient (Wildman–Crippen LogP) is 1.48. The molecule has 0 radical (unpaired) electrons. The van der Waals surface area contributed by atoms with Crippen LogP contribution in [0.5, 0.6) is 0 Å². The van der Waals surface area contributed by atoms with Crippen LogP contribution in [0.2, 0.25) is 5.02 Å². The van der Waals surface area contributed by atoms with E-state index in [4.69, 9.17) is 17.3 Å². The molecule has 2 N–H and O–H groups in total. The fourth-order valence-electron chi connectivity index (χ4n) is 2.72. The van der Waals surface area contributed by atoms with Crippen molar-refractivity contribution in [2.24, 2.45) is 17.6 Å². The lowest BCUT2D eigenvalue weighted by Crippen LogP contribution is -2.49. The average Bonchev–Trinajstić information content (AvgIpc) is 3.21. The molecule has 20 heavy (non-hydrogen) atoms. The first-order valence-corrected chi connectivity index (χ1v) is 7.70. The largest absolute Gasteiger partial charge is 0.364 e. The summed E-state index contributed by atoms with van der Waals surface area (Å²) in [5, 5.41) is 4.60. The molecule has 2 fully saturated rings. The van der Waals surface area contributed by atoms with E-state index in [0.29, 0.717) is 35.6 Å². The van der Waals surface area contributed by atoms with Crippen molar-refractivity contribution < 1.29 is 0 Å². The predicted molar refractivity (Wildman–Crippen MR) is 80.2 cm³/mol. The van der Waals surface area contributed by atoms with Gasteiger partial charge in [0.05, 0.1) is 11.2 Å². The molecule has 1 saturated heterocycles. The molecule has 1 aliphatic carbocycles. The smallest absolute Gasteiger partial charge is 0.291 e. The summed E-state index contributed by atoms with van der Waals surface area (Å²) in [6.07, 6.45) is 4.96. The van der Waals surface area contributed by atoms with Crippen LogP contribution in [0.1, 0.15) is 26.2 Å². The third-order valence-electron chi connectivity index (χ3n) is 4.43.